The Morgan fingerprint density at radius 3 is 2.69 bits per heavy atom. The van der Waals surface area contributed by atoms with Crippen molar-refractivity contribution in [1.29, 1.82) is 5.26 Å². The Labute approximate surface area is 158 Å². The van der Waals surface area contributed by atoms with Crippen LogP contribution < -0.4 is 10.1 Å². The molecular formula is C21H34N4O. The molecule has 5 nitrogen and oxygen atoms in total. The maximum absolute atomic E-state index is 8.58. The van der Waals surface area contributed by atoms with Crippen molar-refractivity contribution in [3.63, 3.8) is 0 Å². The normalized spacial score (nSPS) is 17.2. The molecule has 1 atom stereocenters. The number of likely N-dealkylation sites (N-methyl/N-ethyl adjacent to an activating group) is 1. The Morgan fingerprint density at radius 2 is 2.00 bits per heavy atom. The third kappa shape index (κ3) is 6.95. The van der Waals surface area contributed by atoms with Gasteiger partial charge in [-0.2, -0.15) is 5.26 Å². The number of unbranched alkanes of at least 4 members (excludes halogenated alkanes) is 1. The van der Waals surface area contributed by atoms with E-state index in [-0.39, 0.29) is 0 Å². The van der Waals surface area contributed by atoms with E-state index in [1.165, 1.54) is 5.56 Å². The molecule has 1 unspecified atom stereocenters. The minimum Gasteiger partial charge on any atom is -0.494 e. The third-order valence-electron chi connectivity index (χ3n) is 5.06. The number of nitrogens with zero attached hydrogens (tertiary/aromatic N) is 3. The summed E-state index contributed by atoms with van der Waals surface area (Å²) in [5.74, 6) is 1.53. The minimum absolute atomic E-state index is 0.546. The average Bonchev–Trinajstić information content (AvgIpc) is 2.63. The molecule has 26 heavy (non-hydrogen) atoms. The highest BCUT2D eigenvalue weighted by atomic mass is 16.5. The smallest absolute Gasteiger partial charge is 0.119 e. The molecule has 144 valence electrons. The van der Waals surface area contributed by atoms with Crippen LogP contribution in [0.3, 0.4) is 0 Å². The van der Waals surface area contributed by atoms with E-state index < -0.39 is 0 Å². The van der Waals surface area contributed by atoms with Crippen LogP contribution >= 0.6 is 0 Å². The molecule has 0 spiro atoms. The van der Waals surface area contributed by atoms with Crippen LogP contribution in [-0.2, 0) is 6.54 Å². The molecule has 0 aromatic heterocycles. The van der Waals surface area contributed by atoms with Gasteiger partial charge in [-0.3, -0.25) is 4.90 Å². The van der Waals surface area contributed by atoms with E-state index in [1.807, 2.05) is 12.1 Å². The number of hydrogen-bond acceptors (Lipinski definition) is 5. The van der Waals surface area contributed by atoms with Crippen LogP contribution in [0.1, 0.15) is 32.3 Å². The van der Waals surface area contributed by atoms with Gasteiger partial charge in [0.15, 0.2) is 0 Å². The summed E-state index contributed by atoms with van der Waals surface area (Å²) in [6.45, 7) is 11.7. The molecule has 1 N–H and O–H groups in total. The molecule has 1 aliphatic heterocycles. The van der Waals surface area contributed by atoms with Crippen LogP contribution in [0.4, 0.5) is 0 Å². The summed E-state index contributed by atoms with van der Waals surface area (Å²) in [5, 5.41) is 12.2. The maximum Gasteiger partial charge on any atom is 0.119 e. The molecule has 0 bridgehead atoms. The monoisotopic (exact) mass is 358 g/mol. The van der Waals surface area contributed by atoms with Crippen molar-refractivity contribution < 1.29 is 4.74 Å². The highest BCUT2D eigenvalue weighted by molar-refractivity contribution is 5.28. The molecule has 1 aromatic carbocycles. The first kappa shape index (κ1) is 20.7. The van der Waals surface area contributed by atoms with Gasteiger partial charge in [-0.1, -0.05) is 26.0 Å². The van der Waals surface area contributed by atoms with Gasteiger partial charge in [-0.25, -0.2) is 0 Å². The SMILES string of the molecule is CC(C)C(CNCc1cccc(OCCCC#N)c1)N1CCN(C)CC1. The average molecular weight is 359 g/mol. The zero-order valence-electron chi connectivity index (χ0n) is 16.6. The van der Waals surface area contributed by atoms with Gasteiger partial charge in [0.05, 0.1) is 12.7 Å². The second kappa shape index (κ2) is 11.2. The van der Waals surface area contributed by atoms with Crippen LogP contribution in [0.5, 0.6) is 5.75 Å². The second-order valence-electron chi connectivity index (χ2n) is 7.54. The van der Waals surface area contributed by atoms with Crippen LogP contribution in [0, 0.1) is 17.2 Å². The van der Waals surface area contributed by atoms with Gasteiger partial charge in [0.2, 0.25) is 0 Å². The lowest BCUT2D eigenvalue weighted by Crippen LogP contribution is -2.53. The number of benzene rings is 1. The lowest BCUT2D eigenvalue weighted by Gasteiger charge is -2.40. The van der Waals surface area contributed by atoms with Crippen molar-refractivity contribution in [2.24, 2.45) is 5.92 Å². The first-order chi connectivity index (χ1) is 12.6. The summed E-state index contributed by atoms with van der Waals surface area (Å²) in [6, 6.07) is 11.0. The molecule has 0 aliphatic carbocycles. The highest BCUT2D eigenvalue weighted by Crippen LogP contribution is 2.15. The first-order valence-electron chi connectivity index (χ1n) is 9.82. The lowest BCUT2D eigenvalue weighted by molar-refractivity contribution is 0.0875. The minimum atomic E-state index is 0.546. The van der Waals surface area contributed by atoms with Crippen LogP contribution in [0.15, 0.2) is 24.3 Å². The summed E-state index contributed by atoms with van der Waals surface area (Å²) in [6.07, 6.45) is 1.32. The highest BCUT2D eigenvalue weighted by Gasteiger charge is 2.24. The Morgan fingerprint density at radius 1 is 1.23 bits per heavy atom. The fourth-order valence-corrected chi connectivity index (χ4v) is 3.39. The lowest BCUT2D eigenvalue weighted by atomic mass is 10.0. The van der Waals surface area contributed by atoms with E-state index in [0.717, 1.165) is 51.4 Å². The number of ether oxygens (including phenoxy) is 1. The molecule has 0 radical (unpaired) electrons. The summed E-state index contributed by atoms with van der Waals surface area (Å²) in [5.41, 5.74) is 1.24. The van der Waals surface area contributed by atoms with Gasteiger partial charge >= 0.3 is 0 Å². The van der Waals surface area contributed by atoms with Crippen molar-refractivity contribution in [2.45, 2.75) is 39.3 Å². The summed E-state index contributed by atoms with van der Waals surface area (Å²) >= 11 is 0. The molecular weight excluding hydrogens is 324 g/mol. The Bertz CT molecular complexity index is 561. The predicted octanol–water partition coefficient (Wildman–Crippen LogP) is 2.73. The van der Waals surface area contributed by atoms with E-state index in [4.69, 9.17) is 10.00 Å². The topological polar surface area (TPSA) is 51.5 Å². The second-order valence-corrected chi connectivity index (χ2v) is 7.54. The molecule has 1 saturated heterocycles. The van der Waals surface area contributed by atoms with Crippen molar-refractivity contribution in [1.82, 2.24) is 15.1 Å². The zero-order chi connectivity index (χ0) is 18.8. The fraction of sp³-hybridized carbons (Fsp3) is 0.667. The number of rotatable bonds is 10. The largest absolute Gasteiger partial charge is 0.494 e. The van der Waals surface area contributed by atoms with Crippen molar-refractivity contribution in [2.75, 3.05) is 46.4 Å². The number of hydrogen-bond donors (Lipinski definition) is 1. The van der Waals surface area contributed by atoms with Gasteiger partial charge < -0.3 is 15.0 Å². The van der Waals surface area contributed by atoms with Crippen molar-refractivity contribution in [3.05, 3.63) is 29.8 Å². The van der Waals surface area contributed by atoms with Gasteiger partial charge in [0.25, 0.3) is 0 Å². The maximum atomic E-state index is 8.58. The van der Waals surface area contributed by atoms with Gasteiger partial charge in [-0.05, 0) is 37.1 Å². The van der Waals surface area contributed by atoms with Crippen molar-refractivity contribution >= 4 is 0 Å². The van der Waals surface area contributed by atoms with Crippen LogP contribution in [0.2, 0.25) is 0 Å². The third-order valence-corrected chi connectivity index (χ3v) is 5.06. The van der Waals surface area contributed by atoms with E-state index in [9.17, 15) is 0 Å². The quantitative estimate of drug-likeness (QED) is 0.652. The molecule has 1 aliphatic rings. The fourth-order valence-electron chi connectivity index (χ4n) is 3.39. The number of nitrogens with one attached hydrogen (secondary N) is 1. The number of nitriles is 1. The van der Waals surface area contributed by atoms with Gasteiger partial charge in [-0.15, -0.1) is 0 Å². The molecule has 0 amide bonds. The molecule has 2 rings (SSSR count). The molecule has 5 heteroatoms. The first-order valence-corrected chi connectivity index (χ1v) is 9.82. The summed E-state index contributed by atoms with van der Waals surface area (Å²) < 4.78 is 5.73. The Kier molecular flexibility index (Phi) is 8.90. The standard InChI is InChI=1S/C21H34N4O/c1-18(2)21(25-12-10-24(3)11-13-25)17-23-16-19-7-6-8-20(15-19)26-14-5-4-9-22/h6-8,15,18,21,23H,4-5,10-14,16-17H2,1-3H3. The van der Waals surface area contributed by atoms with E-state index in [2.05, 4.69) is 54.2 Å². The predicted molar refractivity (Wildman–Crippen MR) is 106 cm³/mol. The van der Waals surface area contributed by atoms with Crippen molar-refractivity contribution in [3.8, 4) is 11.8 Å². The zero-order valence-corrected chi connectivity index (χ0v) is 16.6. The molecule has 1 heterocycles. The Hall–Kier alpha value is -1.61. The number of piperazine rings is 1. The van der Waals surface area contributed by atoms with E-state index in [0.29, 0.717) is 25.0 Å². The van der Waals surface area contributed by atoms with E-state index >= 15 is 0 Å². The molecule has 0 saturated carbocycles. The summed E-state index contributed by atoms with van der Waals surface area (Å²) in [7, 11) is 2.20. The van der Waals surface area contributed by atoms with E-state index in [1.54, 1.807) is 0 Å². The molecule has 1 aromatic rings. The van der Waals surface area contributed by atoms with Gasteiger partial charge in [0, 0.05) is 51.7 Å². The van der Waals surface area contributed by atoms with Gasteiger partial charge in [0.1, 0.15) is 5.75 Å². The van der Waals surface area contributed by atoms with Crippen LogP contribution in [0.25, 0.3) is 0 Å². The molecule has 1 fully saturated rings. The Balaban J connectivity index is 1.79. The summed E-state index contributed by atoms with van der Waals surface area (Å²) in [4.78, 5) is 5.04. The van der Waals surface area contributed by atoms with Crippen LogP contribution in [-0.4, -0.2) is 62.2 Å².